The van der Waals surface area contributed by atoms with Crippen LogP contribution in [0.4, 0.5) is 0 Å². The van der Waals surface area contributed by atoms with E-state index in [1.807, 2.05) is 18.2 Å². The molecule has 0 aliphatic carbocycles. The molecule has 0 bridgehead atoms. The number of nitriles is 1. The minimum absolute atomic E-state index is 0.108. The molecule has 142 valence electrons. The van der Waals surface area contributed by atoms with Crippen LogP contribution in [0.5, 0.6) is 5.75 Å². The van der Waals surface area contributed by atoms with Crippen molar-refractivity contribution < 1.29 is 19.4 Å². The third-order valence-corrected chi connectivity index (χ3v) is 4.28. The number of H-pyrrole nitrogens is 1. The van der Waals surface area contributed by atoms with Crippen molar-refractivity contribution in [3.05, 3.63) is 64.6 Å². The zero-order valence-electron chi connectivity index (χ0n) is 15.1. The Kier molecular flexibility index (Phi) is 5.52. The maximum absolute atomic E-state index is 12.5. The molecule has 2 N–H and O–H groups in total. The molecule has 8 heteroatoms. The summed E-state index contributed by atoms with van der Waals surface area (Å²) < 4.78 is 10.4. The van der Waals surface area contributed by atoms with Gasteiger partial charge in [0.2, 0.25) is 0 Å². The van der Waals surface area contributed by atoms with Crippen LogP contribution in [0, 0.1) is 11.3 Å². The normalized spacial score (nSPS) is 12.8. The lowest BCUT2D eigenvalue weighted by Gasteiger charge is -2.15. The number of fused-ring (bicyclic) bond motifs is 1. The van der Waals surface area contributed by atoms with E-state index in [0.29, 0.717) is 16.1 Å². The van der Waals surface area contributed by atoms with Crippen LogP contribution in [0.2, 0.25) is 5.02 Å². The summed E-state index contributed by atoms with van der Waals surface area (Å²) in [5, 5.41) is 20.3. The third-order valence-electron chi connectivity index (χ3n) is 4.04. The average molecular weight is 398 g/mol. The highest BCUT2D eigenvalue weighted by molar-refractivity contribution is 6.31. The van der Waals surface area contributed by atoms with E-state index in [1.54, 1.807) is 18.2 Å². The Balaban J connectivity index is 1.89. The number of aliphatic hydroxyl groups is 1. The fourth-order valence-corrected chi connectivity index (χ4v) is 2.80. The molecule has 1 aromatic heterocycles. The number of aliphatic hydroxyl groups excluding tert-OH is 1. The van der Waals surface area contributed by atoms with E-state index in [4.69, 9.17) is 21.1 Å². The van der Waals surface area contributed by atoms with Gasteiger partial charge in [0, 0.05) is 5.02 Å². The highest BCUT2D eigenvalue weighted by Gasteiger charge is 2.23. The SMILES string of the molecule is COc1ccc(Cl)cc1C(=O)O[C@@H](C)/C(O)=C(\C#N)c1nc2ccccc2[nH]1. The molecular formula is C20H16ClN3O4. The molecule has 0 saturated carbocycles. The summed E-state index contributed by atoms with van der Waals surface area (Å²) in [5.74, 6) is -0.705. The summed E-state index contributed by atoms with van der Waals surface area (Å²) in [4.78, 5) is 19.7. The number of hydrogen-bond donors (Lipinski definition) is 2. The zero-order valence-corrected chi connectivity index (χ0v) is 15.8. The third kappa shape index (κ3) is 3.77. The van der Waals surface area contributed by atoms with Crippen molar-refractivity contribution in [2.24, 2.45) is 0 Å². The van der Waals surface area contributed by atoms with Crippen LogP contribution in [0.25, 0.3) is 16.6 Å². The molecule has 3 aromatic rings. The first-order valence-corrected chi connectivity index (χ1v) is 8.65. The Morgan fingerprint density at radius 2 is 2.07 bits per heavy atom. The number of aromatic nitrogens is 2. The summed E-state index contributed by atoms with van der Waals surface area (Å²) in [6.45, 7) is 1.45. The standard InChI is InChI=1S/C20H16ClN3O4/c1-11(28-20(26)13-9-12(21)7-8-17(13)27-2)18(25)14(10-22)19-23-15-5-3-4-6-16(15)24-19/h3-9,11,25H,1-2H3,(H,23,24)/b18-14-/t11-/m0/s1. The molecule has 0 radical (unpaired) electrons. The monoisotopic (exact) mass is 397 g/mol. The smallest absolute Gasteiger partial charge is 0.342 e. The number of nitrogens with one attached hydrogen (secondary N) is 1. The minimum Gasteiger partial charge on any atom is -0.507 e. The van der Waals surface area contributed by atoms with Gasteiger partial charge in [-0.25, -0.2) is 9.78 Å². The van der Waals surface area contributed by atoms with Gasteiger partial charge >= 0.3 is 5.97 Å². The van der Waals surface area contributed by atoms with Gasteiger partial charge in [-0.3, -0.25) is 0 Å². The Hall–Kier alpha value is -3.50. The summed E-state index contributed by atoms with van der Waals surface area (Å²) in [6.07, 6.45) is -1.10. The van der Waals surface area contributed by atoms with Crippen LogP contribution in [0.15, 0.2) is 48.2 Å². The number of rotatable bonds is 5. The average Bonchev–Trinajstić information content (AvgIpc) is 3.11. The Labute approximate surface area is 165 Å². The molecule has 2 aromatic carbocycles. The number of nitrogens with zero attached hydrogens (tertiary/aromatic N) is 2. The molecule has 0 amide bonds. The first-order chi connectivity index (χ1) is 13.4. The number of imidazole rings is 1. The van der Waals surface area contributed by atoms with Gasteiger partial charge in [0.15, 0.2) is 17.7 Å². The van der Waals surface area contributed by atoms with Gasteiger partial charge in [0.05, 0.1) is 18.1 Å². The van der Waals surface area contributed by atoms with E-state index in [0.717, 1.165) is 0 Å². The molecule has 28 heavy (non-hydrogen) atoms. The number of allylic oxidation sites excluding steroid dienone is 1. The zero-order chi connectivity index (χ0) is 20.3. The molecule has 1 atom stereocenters. The molecule has 3 rings (SSSR count). The summed E-state index contributed by atoms with van der Waals surface area (Å²) in [7, 11) is 1.41. The lowest BCUT2D eigenvalue weighted by atomic mass is 10.1. The second kappa shape index (κ2) is 8.03. The molecule has 1 heterocycles. The van der Waals surface area contributed by atoms with Gasteiger partial charge < -0.3 is 19.6 Å². The topological polar surface area (TPSA) is 108 Å². The van der Waals surface area contributed by atoms with Crippen LogP contribution in [-0.4, -0.2) is 34.3 Å². The molecule has 7 nitrogen and oxygen atoms in total. The van der Waals surface area contributed by atoms with Gasteiger partial charge in [-0.2, -0.15) is 5.26 Å². The summed E-state index contributed by atoms with van der Waals surface area (Å²) in [5.41, 5.74) is 1.35. The number of carbonyl (C=O) groups excluding carboxylic acids is 1. The van der Waals surface area contributed by atoms with Crippen molar-refractivity contribution in [3.63, 3.8) is 0 Å². The molecule has 0 aliphatic rings. The fraction of sp³-hybridized carbons (Fsp3) is 0.150. The number of methoxy groups -OCH3 is 1. The van der Waals surface area contributed by atoms with Gasteiger partial charge in [-0.15, -0.1) is 0 Å². The van der Waals surface area contributed by atoms with E-state index in [-0.39, 0.29) is 22.7 Å². The first-order valence-electron chi connectivity index (χ1n) is 8.27. The minimum atomic E-state index is -1.10. The Bertz CT molecular complexity index is 1080. The fourth-order valence-electron chi connectivity index (χ4n) is 2.63. The Morgan fingerprint density at radius 3 is 2.75 bits per heavy atom. The number of hydrogen-bond acceptors (Lipinski definition) is 6. The number of halogens is 1. The van der Waals surface area contributed by atoms with Crippen LogP contribution < -0.4 is 4.74 Å². The van der Waals surface area contributed by atoms with Crippen molar-refractivity contribution in [1.82, 2.24) is 9.97 Å². The maximum Gasteiger partial charge on any atom is 0.342 e. The van der Waals surface area contributed by atoms with Crippen molar-refractivity contribution in [2.75, 3.05) is 7.11 Å². The maximum atomic E-state index is 12.5. The van der Waals surface area contributed by atoms with E-state index in [1.165, 1.54) is 26.2 Å². The molecule has 0 spiro atoms. The largest absolute Gasteiger partial charge is 0.507 e. The van der Waals surface area contributed by atoms with Crippen molar-refractivity contribution in [1.29, 1.82) is 5.26 Å². The van der Waals surface area contributed by atoms with Crippen LogP contribution in [0.3, 0.4) is 0 Å². The number of benzene rings is 2. The molecule has 0 aliphatic heterocycles. The predicted molar refractivity (Wildman–Crippen MR) is 104 cm³/mol. The number of carbonyl (C=O) groups is 1. The van der Waals surface area contributed by atoms with Crippen LogP contribution >= 0.6 is 11.6 Å². The summed E-state index contributed by atoms with van der Waals surface area (Å²) in [6, 6.07) is 13.6. The van der Waals surface area contributed by atoms with Gasteiger partial charge in [-0.1, -0.05) is 23.7 Å². The first kappa shape index (κ1) is 19.3. The highest BCUT2D eigenvalue weighted by atomic mass is 35.5. The predicted octanol–water partition coefficient (Wildman–Crippen LogP) is 4.26. The molecule has 0 fully saturated rings. The summed E-state index contributed by atoms with van der Waals surface area (Å²) >= 11 is 5.93. The van der Waals surface area contributed by atoms with E-state index < -0.39 is 17.8 Å². The quantitative estimate of drug-likeness (QED) is 0.378. The number of para-hydroxylation sites is 2. The van der Waals surface area contributed by atoms with Gasteiger partial charge in [0.1, 0.15) is 23.0 Å². The van der Waals surface area contributed by atoms with Crippen molar-refractivity contribution >= 4 is 34.2 Å². The van der Waals surface area contributed by atoms with Crippen LogP contribution in [-0.2, 0) is 4.74 Å². The van der Waals surface area contributed by atoms with Crippen molar-refractivity contribution in [2.45, 2.75) is 13.0 Å². The molecule has 0 unspecified atom stereocenters. The second-order valence-corrected chi connectivity index (χ2v) is 6.30. The second-order valence-electron chi connectivity index (χ2n) is 5.87. The Morgan fingerprint density at radius 1 is 1.32 bits per heavy atom. The van der Waals surface area contributed by atoms with E-state index in [2.05, 4.69) is 9.97 Å². The van der Waals surface area contributed by atoms with Crippen molar-refractivity contribution in [3.8, 4) is 11.8 Å². The van der Waals surface area contributed by atoms with E-state index in [9.17, 15) is 15.2 Å². The highest BCUT2D eigenvalue weighted by Crippen LogP contribution is 2.26. The van der Waals surface area contributed by atoms with Gasteiger partial charge in [-0.05, 0) is 37.3 Å². The van der Waals surface area contributed by atoms with Crippen LogP contribution in [0.1, 0.15) is 23.1 Å². The van der Waals surface area contributed by atoms with E-state index >= 15 is 0 Å². The number of ether oxygens (including phenoxy) is 2. The lowest BCUT2D eigenvalue weighted by molar-refractivity contribution is 0.0330. The number of aromatic amines is 1. The number of esters is 1. The molecular weight excluding hydrogens is 382 g/mol. The van der Waals surface area contributed by atoms with Gasteiger partial charge in [0.25, 0.3) is 0 Å². The lowest BCUT2D eigenvalue weighted by Crippen LogP contribution is -2.19. The molecule has 0 saturated heterocycles.